The number of nitriles is 1. The van der Waals surface area contributed by atoms with Gasteiger partial charge >= 0.3 is 0 Å². The van der Waals surface area contributed by atoms with Crippen LogP contribution in [0.2, 0.25) is 0 Å². The van der Waals surface area contributed by atoms with Crippen LogP contribution < -0.4 is 11.1 Å². The van der Waals surface area contributed by atoms with E-state index in [0.717, 1.165) is 0 Å². The van der Waals surface area contributed by atoms with Gasteiger partial charge in [0.15, 0.2) is 0 Å². The summed E-state index contributed by atoms with van der Waals surface area (Å²) < 4.78 is 0. The number of rotatable bonds is 3. The lowest BCUT2D eigenvalue weighted by Gasteiger charge is -2.30. The molecule has 4 heteroatoms. The van der Waals surface area contributed by atoms with Gasteiger partial charge in [0.1, 0.15) is 0 Å². The number of hydrogen-bond acceptors (Lipinski definition) is 3. The van der Waals surface area contributed by atoms with Crippen molar-refractivity contribution < 1.29 is 4.79 Å². The van der Waals surface area contributed by atoms with E-state index in [1.54, 1.807) is 24.3 Å². The zero-order chi connectivity index (χ0) is 13.8. The largest absolute Gasteiger partial charge is 0.348 e. The number of nitrogens with two attached hydrogens (primary N) is 1. The second-order valence-corrected chi connectivity index (χ2v) is 5.32. The maximum atomic E-state index is 12.0. The van der Waals surface area contributed by atoms with Gasteiger partial charge in [-0.15, -0.1) is 0 Å². The van der Waals surface area contributed by atoms with Gasteiger partial charge in [-0.25, -0.2) is 0 Å². The molecule has 0 aliphatic heterocycles. The Morgan fingerprint density at radius 1 is 1.39 bits per heavy atom. The van der Waals surface area contributed by atoms with Crippen LogP contribution in [0.15, 0.2) is 24.3 Å². The lowest BCUT2D eigenvalue weighted by molar-refractivity contribution is 0.0905. The number of hydrogen-bond donors (Lipinski definition) is 2. The topological polar surface area (TPSA) is 78.9 Å². The summed E-state index contributed by atoms with van der Waals surface area (Å²) in [7, 11) is 0. The second kappa shape index (κ2) is 5.65. The molecule has 1 unspecified atom stereocenters. The minimum Gasteiger partial charge on any atom is -0.348 e. The highest BCUT2D eigenvalue weighted by atomic mass is 16.1. The molecule has 1 rings (SSSR count). The minimum atomic E-state index is -0.162. The van der Waals surface area contributed by atoms with E-state index in [1.807, 2.05) is 26.8 Å². The van der Waals surface area contributed by atoms with Crippen molar-refractivity contribution in [2.24, 2.45) is 11.1 Å². The third-order valence-electron chi connectivity index (χ3n) is 2.86. The molecule has 1 aromatic rings. The normalized spacial score (nSPS) is 12.6. The van der Waals surface area contributed by atoms with Crippen molar-refractivity contribution in [3.63, 3.8) is 0 Å². The average Bonchev–Trinajstić information content (AvgIpc) is 2.34. The Morgan fingerprint density at radius 3 is 2.33 bits per heavy atom. The van der Waals surface area contributed by atoms with Gasteiger partial charge in [-0.1, -0.05) is 20.8 Å². The van der Waals surface area contributed by atoms with Crippen molar-refractivity contribution in [2.45, 2.75) is 26.8 Å². The molecule has 0 heterocycles. The molecule has 0 aliphatic carbocycles. The van der Waals surface area contributed by atoms with Crippen LogP contribution in [-0.2, 0) is 0 Å². The second-order valence-electron chi connectivity index (χ2n) is 5.32. The first-order valence-corrected chi connectivity index (χ1v) is 5.89. The summed E-state index contributed by atoms with van der Waals surface area (Å²) in [5.41, 5.74) is 6.67. The number of carbonyl (C=O) groups is 1. The van der Waals surface area contributed by atoms with Crippen molar-refractivity contribution in [2.75, 3.05) is 6.54 Å². The molecule has 18 heavy (non-hydrogen) atoms. The Labute approximate surface area is 108 Å². The zero-order valence-electron chi connectivity index (χ0n) is 11.0. The summed E-state index contributed by atoms with van der Waals surface area (Å²) in [6.07, 6.45) is 0. The average molecular weight is 245 g/mol. The van der Waals surface area contributed by atoms with E-state index < -0.39 is 0 Å². The molecule has 1 aromatic carbocycles. The van der Waals surface area contributed by atoms with Crippen LogP contribution in [0.5, 0.6) is 0 Å². The fraction of sp³-hybridized carbons (Fsp3) is 0.429. The molecule has 0 aromatic heterocycles. The van der Waals surface area contributed by atoms with Crippen LogP contribution in [0.4, 0.5) is 0 Å². The van der Waals surface area contributed by atoms with Gasteiger partial charge in [-0.2, -0.15) is 5.26 Å². The SMILES string of the molecule is CC(C)(C)C(CN)NC(=O)c1ccc(C#N)cc1. The van der Waals surface area contributed by atoms with E-state index in [4.69, 9.17) is 11.0 Å². The molecule has 1 atom stereocenters. The van der Waals surface area contributed by atoms with E-state index in [2.05, 4.69) is 5.32 Å². The minimum absolute atomic E-state index is 0.0827. The molecule has 1 amide bonds. The number of nitrogens with zero attached hydrogens (tertiary/aromatic N) is 1. The monoisotopic (exact) mass is 245 g/mol. The van der Waals surface area contributed by atoms with E-state index in [1.165, 1.54) is 0 Å². The van der Waals surface area contributed by atoms with Gasteiger partial charge < -0.3 is 11.1 Å². The highest BCUT2D eigenvalue weighted by Crippen LogP contribution is 2.18. The third kappa shape index (κ3) is 3.57. The smallest absolute Gasteiger partial charge is 0.251 e. The highest BCUT2D eigenvalue weighted by Gasteiger charge is 2.25. The van der Waals surface area contributed by atoms with Crippen molar-refractivity contribution >= 4 is 5.91 Å². The molecule has 0 fully saturated rings. The predicted molar refractivity (Wildman–Crippen MR) is 70.9 cm³/mol. The Morgan fingerprint density at radius 2 is 1.94 bits per heavy atom. The van der Waals surface area contributed by atoms with Gasteiger partial charge in [-0.05, 0) is 29.7 Å². The lowest BCUT2D eigenvalue weighted by Crippen LogP contribution is -2.48. The summed E-state index contributed by atoms with van der Waals surface area (Å²) >= 11 is 0. The van der Waals surface area contributed by atoms with Crippen molar-refractivity contribution in [1.29, 1.82) is 5.26 Å². The van der Waals surface area contributed by atoms with Gasteiger partial charge in [0.25, 0.3) is 5.91 Å². The molecule has 4 nitrogen and oxygen atoms in total. The summed E-state index contributed by atoms with van der Waals surface area (Å²) in [4.78, 5) is 12.0. The summed E-state index contributed by atoms with van der Waals surface area (Å²) in [5, 5.41) is 11.6. The molecule has 0 spiro atoms. The number of carbonyl (C=O) groups excluding carboxylic acids is 1. The fourth-order valence-electron chi connectivity index (χ4n) is 1.57. The Bertz CT molecular complexity index is 451. The quantitative estimate of drug-likeness (QED) is 0.850. The molecular weight excluding hydrogens is 226 g/mol. The van der Waals surface area contributed by atoms with Gasteiger partial charge in [0.05, 0.1) is 11.6 Å². The van der Waals surface area contributed by atoms with Gasteiger partial charge in [0, 0.05) is 18.2 Å². The maximum Gasteiger partial charge on any atom is 0.251 e. The lowest BCUT2D eigenvalue weighted by atomic mass is 9.86. The zero-order valence-corrected chi connectivity index (χ0v) is 11.0. The number of nitrogens with one attached hydrogen (secondary N) is 1. The van der Waals surface area contributed by atoms with E-state index in [9.17, 15) is 4.79 Å². The molecule has 0 bridgehead atoms. The van der Waals surface area contributed by atoms with Crippen LogP contribution in [0.1, 0.15) is 36.7 Å². The van der Waals surface area contributed by atoms with Crippen LogP contribution in [0.3, 0.4) is 0 Å². The standard InChI is InChI=1S/C14H19N3O/c1-14(2,3)12(9-16)17-13(18)11-6-4-10(8-15)5-7-11/h4-7,12H,9,16H2,1-3H3,(H,17,18). The maximum absolute atomic E-state index is 12.0. The third-order valence-corrected chi connectivity index (χ3v) is 2.86. The van der Waals surface area contributed by atoms with Crippen molar-refractivity contribution in [3.8, 4) is 6.07 Å². The first kappa shape index (κ1) is 14.2. The van der Waals surface area contributed by atoms with E-state index in [0.29, 0.717) is 17.7 Å². The van der Waals surface area contributed by atoms with Crippen molar-refractivity contribution in [3.05, 3.63) is 35.4 Å². The van der Waals surface area contributed by atoms with Crippen LogP contribution in [-0.4, -0.2) is 18.5 Å². The molecule has 0 saturated heterocycles. The molecule has 3 N–H and O–H groups in total. The molecular formula is C14H19N3O. The highest BCUT2D eigenvalue weighted by molar-refractivity contribution is 5.94. The summed E-state index contributed by atoms with van der Waals surface area (Å²) in [6.45, 7) is 6.49. The summed E-state index contributed by atoms with van der Waals surface area (Å²) in [6, 6.07) is 8.48. The Kier molecular flexibility index (Phi) is 4.46. The first-order chi connectivity index (χ1) is 8.38. The molecule has 0 saturated carbocycles. The van der Waals surface area contributed by atoms with Crippen molar-refractivity contribution in [1.82, 2.24) is 5.32 Å². The van der Waals surface area contributed by atoms with E-state index in [-0.39, 0.29) is 17.4 Å². The van der Waals surface area contributed by atoms with Gasteiger partial charge in [-0.3, -0.25) is 4.79 Å². The Balaban J connectivity index is 2.79. The van der Waals surface area contributed by atoms with Gasteiger partial charge in [0.2, 0.25) is 0 Å². The Hall–Kier alpha value is -1.86. The summed E-state index contributed by atoms with van der Waals surface area (Å²) in [5.74, 6) is -0.162. The number of amides is 1. The van der Waals surface area contributed by atoms with Crippen LogP contribution >= 0.6 is 0 Å². The molecule has 0 aliphatic rings. The number of benzene rings is 1. The fourth-order valence-corrected chi connectivity index (χ4v) is 1.57. The van der Waals surface area contributed by atoms with E-state index >= 15 is 0 Å². The van der Waals surface area contributed by atoms with Crippen LogP contribution in [0.25, 0.3) is 0 Å². The van der Waals surface area contributed by atoms with Crippen LogP contribution in [0, 0.1) is 16.7 Å². The predicted octanol–water partition coefficient (Wildman–Crippen LogP) is 1.66. The molecule has 0 radical (unpaired) electrons. The molecule has 96 valence electrons. The first-order valence-electron chi connectivity index (χ1n) is 5.89.